The summed E-state index contributed by atoms with van der Waals surface area (Å²) in [7, 11) is 0. The standard InChI is InChI=1S/C16H18N2O2/c19-8-9-20-15-10-12(11-15)3-5-14-6-4-13-2-1-7-17-16(13)18-14/h1-2,4,6-8,12,15H,3,5,9-11H2/t12-,15-. The summed E-state index contributed by atoms with van der Waals surface area (Å²) in [6, 6.07) is 8.13. The molecule has 0 unspecified atom stereocenters. The van der Waals surface area contributed by atoms with Crippen LogP contribution in [0.15, 0.2) is 30.5 Å². The van der Waals surface area contributed by atoms with Crippen LogP contribution in [0.4, 0.5) is 0 Å². The van der Waals surface area contributed by atoms with Gasteiger partial charge in [0.1, 0.15) is 12.9 Å². The lowest BCUT2D eigenvalue weighted by Gasteiger charge is -2.34. The molecule has 0 aromatic carbocycles. The number of carbonyl (C=O) groups excluding carboxylic acids is 1. The molecule has 0 N–H and O–H groups in total. The molecule has 0 radical (unpaired) electrons. The molecule has 1 aliphatic carbocycles. The second kappa shape index (κ2) is 6.09. The van der Waals surface area contributed by atoms with Crippen LogP contribution in [-0.4, -0.2) is 29.0 Å². The van der Waals surface area contributed by atoms with Crippen molar-refractivity contribution >= 4 is 17.3 Å². The number of nitrogens with zero attached hydrogens (tertiary/aromatic N) is 2. The number of carbonyl (C=O) groups is 1. The Morgan fingerprint density at radius 2 is 2.20 bits per heavy atom. The maximum absolute atomic E-state index is 10.2. The normalized spacial score (nSPS) is 21.6. The molecule has 0 spiro atoms. The largest absolute Gasteiger partial charge is 0.371 e. The van der Waals surface area contributed by atoms with Gasteiger partial charge in [-0.2, -0.15) is 0 Å². The fraction of sp³-hybridized carbons (Fsp3) is 0.438. The summed E-state index contributed by atoms with van der Waals surface area (Å²) in [5.74, 6) is 0.702. The number of fused-ring (bicyclic) bond motifs is 1. The number of hydrogen-bond donors (Lipinski definition) is 0. The Morgan fingerprint density at radius 3 is 3.05 bits per heavy atom. The van der Waals surface area contributed by atoms with Crippen molar-refractivity contribution in [3.05, 3.63) is 36.2 Å². The molecule has 3 rings (SSSR count). The Bertz CT molecular complexity index is 594. The maximum atomic E-state index is 10.2. The highest BCUT2D eigenvalue weighted by Gasteiger charge is 2.29. The number of hydrogen-bond acceptors (Lipinski definition) is 4. The van der Waals surface area contributed by atoms with Gasteiger partial charge < -0.3 is 9.53 Å². The molecule has 2 aromatic rings. The molecule has 1 saturated carbocycles. The van der Waals surface area contributed by atoms with E-state index >= 15 is 0 Å². The second-order valence-corrected chi connectivity index (χ2v) is 5.35. The lowest BCUT2D eigenvalue weighted by molar-refractivity contribution is -0.117. The molecule has 2 heterocycles. The minimum absolute atomic E-state index is 0.231. The molecule has 4 nitrogen and oxygen atoms in total. The highest BCUT2D eigenvalue weighted by Crippen LogP contribution is 2.33. The van der Waals surface area contributed by atoms with Gasteiger partial charge in [-0.1, -0.05) is 0 Å². The van der Waals surface area contributed by atoms with Crippen LogP contribution in [0.2, 0.25) is 0 Å². The van der Waals surface area contributed by atoms with Gasteiger partial charge in [0.25, 0.3) is 0 Å². The number of aryl methyl sites for hydroxylation is 1. The van der Waals surface area contributed by atoms with Gasteiger partial charge in [0, 0.05) is 17.3 Å². The zero-order valence-corrected chi connectivity index (χ0v) is 11.4. The topological polar surface area (TPSA) is 52.1 Å². The van der Waals surface area contributed by atoms with Crippen molar-refractivity contribution in [3.63, 3.8) is 0 Å². The molecule has 0 aliphatic heterocycles. The summed E-state index contributed by atoms with van der Waals surface area (Å²) in [6.07, 6.45) is 7.14. The van der Waals surface area contributed by atoms with E-state index in [0.29, 0.717) is 5.92 Å². The Kier molecular flexibility index (Phi) is 4.02. The average molecular weight is 270 g/mol. The molecule has 1 aliphatic rings. The van der Waals surface area contributed by atoms with Crippen molar-refractivity contribution in [2.24, 2.45) is 5.92 Å². The first-order chi connectivity index (χ1) is 9.85. The van der Waals surface area contributed by atoms with Crippen molar-refractivity contribution < 1.29 is 9.53 Å². The van der Waals surface area contributed by atoms with E-state index in [9.17, 15) is 4.79 Å². The zero-order chi connectivity index (χ0) is 13.8. The van der Waals surface area contributed by atoms with Crippen molar-refractivity contribution in [1.29, 1.82) is 0 Å². The first kappa shape index (κ1) is 13.2. The van der Waals surface area contributed by atoms with Gasteiger partial charge in [0.05, 0.1) is 6.10 Å². The summed E-state index contributed by atoms with van der Waals surface area (Å²) in [5.41, 5.74) is 1.93. The lowest BCUT2D eigenvalue weighted by Crippen LogP contribution is -2.32. The Hall–Kier alpha value is -1.81. The Balaban J connectivity index is 1.50. The lowest BCUT2D eigenvalue weighted by atomic mass is 9.79. The molecule has 104 valence electrons. The van der Waals surface area contributed by atoms with E-state index in [-0.39, 0.29) is 12.7 Å². The third kappa shape index (κ3) is 3.02. The maximum Gasteiger partial charge on any atom is 0.159 e. The summed E-state index contributed by atoms with van der Waals surface area (Å²) >= 11 is 0. The van der Waals surface area contributed by atoms with Crippen LogP contribution < -0.4 is 0 Å². The van der Waals surface area contributed by atoms with E-state index in [1.54, 1.807) is 6.20 Å². The second-order valence-electron chi connectivity index (χ2n) is 5.35. The smallest absolute Gasteiger partial charge is 0.159 e. The van der Waals surface area contributed by atoms with Crippen LogP contribution in [0.1, 0.15) is 25.0 Å². The minimum Gasteiger partial charge on any atom is -0.371 e. The zero-order valence-electron chi connectivity index (χ0n) is 11.4. The molecular formula is C16H18N2O2. The van der Waals surface area contributed by atoms with E-state index in [1.807, 2.05) is 12.1 Å². The molecule has 0 saturated heterocycles. The first-order valence-corrected chi connectivity index (χ1v) is 7.11. The number of aromatic nitrogens is 2. The van der Waals surface area contributed by atoms with Crippen LogP contribution in [-0.2, 0) is 16.0 Å². The van der Waals surface area contributed by atoms with Crippen molar-refractivity contribution in [2.45, 2.75) is 31.8 Å². The Morgan fingerprint density at radius 1 is 1.30 bits per heavy atom. The summed E-state index contributed by atoms with van der Waals surface area (Å²) in [5, 5.41) is 1.09. The van der Waals surface area contributed by atoms with Gasteiger partial charge in [0.2, 0.25) is 0 Å². The van der Waals surface area contributed by atoms with E-state index < -0.39 is 0 Å². The van der Waals surface area contributed by atoms with Crippen LogP contribution >= 0.6 is 0 Å². The van der Waals surface area contributed by atoms with Gasteiger partial charge in [-0.25, -0.2) is 9.97 Å². The van der Waals surface area contributed by atoms with Gasteiger partial charge >= 0.3 is 0 Å². The third-order valence-corrected chi connectivity index (χ3v) is 3.92. The molecule has 1 fully saturated rings. The van der Waals surface area contributed by atoms with Crippen LogP contribution in [0, 0.1) is 5.92 Å². The number of pyridine rings is 2. The predicted molar refractivity (Wildman–Crippen MR) is 76.4 cm³/mol. The predicted octanol–water partition coefficient (Wildman–Crippen LogP) is 2.56. The molecule has 20 heavy (non-hydrogen) atoms. The van der Waals surface area contributed by atoms with Crippen LogP contribution in [0.5, 0.6) is 0 Å². The average Bonchev–Trinajstić information content (AvgIpc) is 2.45. The van der Waals surface area contributed by atoms with Crippen LogP contribution in [0.25, 0.3) is 11.0 Å². The van der Waals surface area contributed by atoms with Crippen molar-refractivity contribution in [1.82, 2.24) is 9.97 Å². The van der Waals surface area contributed by atoms with Crippen molar-refractivity contribution in [2.75, 3.05) is 6.61 Å². The van der Waals surface area contributed by atoms with Gasteiger partial charge in [0.15, 0.2) is 5.65 Å². The Labute approximate surface area is 118 Å². The molecule has 0 amide bonds. The van der Waals surface area contributed by atoms with Gasteiger partial charge in [-0.3, -0.25) is 0 Å². The van der Waals surface area contributed by atoms with E-state index in [1.165, 1.54) is 0 Å². The molecule has 0 bridgehead atoms. The highest BCUT2D eigenvalue weighted by molar-refractivity contribution is 5.74. The summed E-state index contributed by atoms with van der Waals surface area (Å²) < 4.78 is 5.37. The number of ether oxygens (including phenoxy) is 1. The van der Waals surface area contributed by atoms with Gasteiger partial charge in [-0.05, 0) is 55.9 Å². The molecule has 2 aromatic heterocycles. The fourth-order valence-corrected chi connectivity index (χ4v) is 2.71. The third-order valence-electron chi connectivity index (χ3n) is 3.92. The van der Waals surface area contributed by atoms with E-state index in [0.717, 1.165) is 48.7 Å². The summed E-state index contributed by atoms with van der Waals surface area (Å²) in [6.45, 7) is 0.231. The fourth-order valence-electron chi connectivity index (χ4n) is 2.71. The van der Waals surface area contributed by atoms with Crippen LogP contribution in [0.3, 0.4) is 0 Å². The molecule has 0 atom stereocenters. The number of rotatable bonds is 6. The molecular weight excluding hydrogens is 252 g/mol. The minimum atomic E-state index is 0.231. The highest BCUT2D eigenvalue weighted by atomic mass is 16.5. The molecule has 4 heteroatoms. The quantitative estimate of drug-likeness (QED) is 0.757. The monoisotopic (exact) mass is 270 g/mol. The first-order valence-electron chi connectivity index (χ1n) is 7.11. The number of aldehydes is 1. The van der Waals surface area contributed by atoms with E-state index in [4.69, 9.17) is 4.74 Å². The summed E-state index contributed by atoms with van der Waals surface area (Å²) in [4.78, 5) is 19.1. The van der Waals surface area contributed by atoms with E-state index in [2.05, 4.69) is 22.1 Å². The van der Waals surface area contributed by atoms with Gasteiger partial charge in [-0.15, -0.1) is 0 Å². The van der Waals surface area contributed by atoms with Crippen molar-refractivity contribution in [3.8, 4) is 0 Å². The SMILES string of the molecule is O=CCO[C@H]1C[C@H](CCc2ccc3cccnc3n2)C1.